The lowest BCUT2D eigenvalue weighted by Crippen LogP contribution is -2.40. The van der Waals surface area contributed by atoms with E-state index in [-0.39, 0.29) is 11.5 Å². The van der Waals surface area contributed by atoms with Gasteiger partial charge in [-0.25, -0.2) is 4.68 Å². The molecule has 6 nitrogen and oxygen atoms in total. The number of hydrogen-bond acceptors (Lipinski definition) is 4. The van der Waals surface area contributed by atoms with E-state index in [0.29, 0.717) is 23.7 Å². The molecule has 0 aliphatic carbocycles. The number of aromatic nitrogens is 3. The van der Waals surface area contributed by atoms with Crippen LogP contribution in [0.1, 0.15) is 62.3 Å². The van der Waals surface area contributed by atoms with Gasteiger partial charge in [0.25, 0.3) is 0 Å². The first-order valence-electron chi connectivity index (χ1n) is 11.3. The summed E-state index contributed by atoms with van der Waals surface area (Å²) in [6.45, 7) is 16.4. The SMILES string of the molecule is CCn1nnc2c(Cl)c(C(CC(=O)O)c3ccc(C)c(CO[Si](C)(C)C(C)(C)C)c3)ccc21. The Morgan fingerprint density at radius 3 is 2.55 bits per heavy atom. The van der Waals surface area contributed by atoms with E-state index in [1.54, 1.807) is 4.68 Å². The molecule has 0 spiro atoms. The number of carboxylic acid groups (broad SMARTS) is 1. The fourth-order valence-corrected chi connectivity index (χ4v) is 4.92. The van der Waals surface area contributed by atoms with Gasteiger partial charge < -0.3 is 9.53 Å². The van der Waals surface area contributed by atoms with Crippen molar-refractivity contribution in [2.24, 2.45) is 0 Å². The van der Waals surface area contributed by atoms with Crippen molar-refractivity contribution in [1.29, 1.82) is 0 Å². The summed E-state index contributed by atoms with van der Waals surface area (Å²) in [5.74, 6) is -1.29. The maximum Gasteiger partial charge on any atom is 0.304 e. The lowest BCUT2D eigenvalue weighted by molar-refractivity contribution is -0.137. The fraction of sp³-hybridized carbons (Fsp3) is 0.480. The van der Waals surface area contributed by atoms with Gasteiger partial charge in [0.2, 0.25) is 0 Å². The number of carbonyl (C=O) groups is 1. The van der Waals surface area contributed by atoms with Crippen molar-refractivity contribution in [3.8, 4) is 0 Å². The second kappa shape index (κ2) is 9.56. The molecule has 8 heteroatoms. The van der Waals surface area contributed by atoms with Crippen molar-refractivity contribution < 1.29 is 14.3 Å². The van der Waals surface area contributed by atoms with Crippen LogP contribution in [0.5, 0.6) is 0 Å². The Labute approximate surface area is 202 Å². The van der Waals surface area contributed by atoms with E-state index < -0.39 is 20.2 Å². The summed E-state index contributed by atoms with van der Waals surface area (Å²) in [5.41, 5.74) is 5.28. The zero-order valence-corrected chi connectivity index (χ0v) is 22.3. The van der Waals surface area contributed by atoms with Crippen LogP contribution >= 0.6 is 11.6 Å². The quantitative estimate of drug-likeness (QED) is 0.365. The summed E-state index contributed by atoms with van der Waals surface area (Å²) < 4.78 is 8.23. The smallest absolute Gasteiger partial charge is 0.304 e. The van der Waals surface area contributed by atoms with E-state index in [9.17, 15) is 9.90 Å². The molecule has 0 bridgehead atoms. The number of halogens is 1. The Bertz CT molecular complexity index is 1170. The monoisotopic (exact) mass is 487 g/mol. The molecule has 0 aliphatic heterocycles. The molecule has 3 aromatic rings. The molecule has 0 aliphatic rings. The Hall–Kier alpha value is -2.22. The third-order valence-electron chi connectivity index (χ3n) is 6.88. The third kappa shape index (κ3) is 5.31. The Kier molecular flexibility index (Phi) is 7.36. The van der Waals surface area contributed by atoms with E-state index in [0.717, 1.165) is 27.8 Å². The third-order valence-corrected chi connectivity index (χ3v) is 11.8. The molecule has 3 rings (SSSR count). The number of aryl methyl sites for hydroxylation is 2. The van der Waals surface area contributed by atoms with Crippen LogP contribution in [0.4, 0.5) is 0 Å². The average molecular weight is 488 g/mol. The molecule has 0 radical (unpaired) electrons. The maximum absolute atomic E-state index is 11.8. The second-order valence-corrected chi connectivity index (χ2v) is 15.3. The molecule has 1 aromatic heterocycles. The highest BCUT2D eigenvalue weighted by molar-refractivity contribution is 6.74. The minimum atomic E-state index is -1.92. The topological polar surface area (TPSA) is 77.2 Å². The number of fused-ring (bicyclic) bond motifs is 1. The molecular formula is C25H34ClN3O3Si. The molecule has 1 N–H and O–H groups in total. The standard InChI is InChI=1S/C25H34ClN3O3Si/c1-8-29-21-12-11-19(23(26)24(21)27-28-29)20(14-22(30)31)17-10-9-16(2)18(13-17)15-32-33(6,7)25(3,4)5/h9-13,20H,8,14-15H2,1-7H3,(H,30,31). The molecule has 0 fully saturated rings. The van der Waals surface area contributed by atoms with Gasteiger partial charge >= 0.3 is 5.97 Å². The predicted octanol–water partition coefficient (Wildman–Crippen LogP) is 6.54. The van der Waals surface area contributed by atoms with E-state index in [2.05, 4.69) is 57.2 Å². The molecule has 0 saturated carbocycles. The molecule has 0 saturated heterocycles. The summed E-state index contributed by atoms with van der Waals surface area (Å²) in [6, 6.07) is 9.92. The van der Waals surface area contributed by atoms with Gasteiger partial charge in [-0.05, 0) is 60.3 Å². The van der Waals surface area contributed by atoms with Crippen molar-refractivity contribution in [2.45, 2.75) is 78.2 Å². The highest BCUT2D eigenvalue weighted by Gasteiger charge is 2.37. The van der Waals surface area contributed by atoms with Gasteiger partial charge in [-0.1, -0.05) is 61.9 Å². The molecule has 2 aromatic carbocycles. The minimum Gasteiger partial charge on any atom is -0.481 e. The second-order valence-electron chi connectivity index (χ2n) is 10.1. The van der Waals surface area contributed by atoms with E-state index >= 15 is 0 Å². The van der Waals surface area contributed by atoms with E-state index in [4.69, 9.17) is 16.0 Å². The molecule has 33 heavy (non-hydrogen) atoms. The first-order valence-corrected chi connectivity index (χ1v) is 14.6. The molecule has 1 heterocycles. The van der Waals surface area contributed by atoms with Crippen LogP contribution in [0.2, 0.25) is 23.2 Å². The summed E-state index contributed by atoms with van der Waals surface area (Å²) >= 11 is 6.75. The highest BCUT2D eigenvalue weighted by atomic mass is 35.5. The largest absolute Gasteiger partial charge is 0.481 e. The summed E-state index contributed by atoms with van der Waals surface area (Å²) in [6.07, 6.45) is -0.0707. The number of carboxylic acids is 1. The highest BCUT2D eigenvalue weighted by Crippen LogP contribution is 2.39. The van der Waals surface area contributed by atoms with Crippen molar-refractivity contribution in [3.05, 3.63) is 57.6 Å². The van der Waals surface area contributed by atoms with Gasteiger partial charge in [0.05, 0.1) is 23.6 Å². The molecular weight excluding hydrogens is 454 g/mol. The van der Waals surface area contributed by atoms with Crippen molar-refractivity contribution in [1.82, 2.24) is 15.0 Å². The normalized spacial score (nSPS) is 13.5. The fourth-order valence-electron chi connectivity index (χ4n) is 3.64. The molecule has 178 valence electrons. The summed E-state index contributed by atoms with van der Waals surface area (Å²) in [4.78, 5) is 11.8. The van der Waals surface area contributed by atoms with Gasteiger partial charge in [0, 0.05) is 12.5 Å². The minimum absolute atomic E-state index is 0.0707. The van der Waals surface area contributed by atoms with Crippen LogP contribution in [0.15, 0.2) is 30.3 Å². The Balaban J connectivity index is 2.02. The maximum atomic E-state index is 11.8. The number of aliphatic carboxylic acids is 1. The van der Waals surface area contributed by atoms with Crippen LogP contribution < -0.4 is 0 Å². The summed E-state index contributed by atoms with van der Waals surface area (Å²) in [5, 5.41) is 18.6. The van der Waals surface area contributed by atoms with Crippen molar-refractivity contribution in [2.75, 3.05) is 0 Å². The van der Waals surface area contributed by atoms with Crippen LogP contribution in [0.25, 0.3) is 11.0 Å². The van der Waals surface area contributed by atoms with Crippen LogP contribution in [0, 0.1) is 6.92 Å². The molecule has 1 atom stereocenters. The number of benzene rings is 2. The van der Waals surface area contributed by atoms with Crippen LogP contribution in [-0.4, -0.2) is 34.4 Å². The Morgan fingerprint density at radius 2 is 1.94 bits per heavy atom. The lowest BCUT2D eigenvalue weighted by Gasteiger charge is -2.36. The van der Waals surface area contributed by atoms with Crippen LogP contribution in [-0.2, 0) is 22.4 Å². The van der Waals surface area contributed by atoms with E-state index in [1.165, 1.54) is 0 Å². The van der Waals surface area contributed by atoms with Gasteiger partial charge in [-0.15, -0.1) is 5.10 Å². The Morgan fingerprint density at radius 1 is 1.24 bits per heavy atom. The molecule has 1 unspecified atom stereocenters. The summed E-state index contributed by atoms with van der Waals surface area (Å²) in [7, 11) is -1.92. The number of hydrogen-bond donors (Lipinski definition) is 1. The van der Waals surface area contributed by atoms with Gasteiger partial charge in [-0.2, -0.15) is 0 Å². The zero-order chi connectivity index (χ0) is 24.6. The van der Waals surface area contributed by atoms with Crippen molar-refractivity contribution in [3.63, 3.8) is 0 Å². The van der Waals surface area contributed by atoms with E-state index in [1.807, 2.05) is 31.2 Å². The number of rotatable bonds is 8. The number of nitrogens with zero attached hydrogens (tertiary/aromatic N) is 3. The van der Waals surface area contributed by atoms with Crippen LogP contribution in [0.3, 0.4) is 0 Å². The lowest BCUT2D eigenvalue weighted by atomic mass is 9.86. The predicted molar refractivity (Wildman–Crippen MR) is 135 cm³/mol. The van der Waals surface area contributed by atoms with Crippen molar-refractivity contribution >= 4 is 36.9 Å². The van der Waals surface area contributed by atoms with Gasteiger partial charge in [0.15, 0.2) is 8.32 Å². The molecule has 0 amide bonds. The first-order chi connectivity index (χ1) is 15.4. The van der Waals surface area contributed by atoms with Gasteiger partial charge in [-0.3, -0.25) is 4.79 Å². The van der Waals surface area contributed by atoms with Gasteiger partial charge in [0.1, 0.15) is 5.52 Å². The zero-order valence-electron chi connectivity index (χ0n) is 20.6. The average Bonchev–Trinajstić information content (AvgIpc) is 3.15. The first kappa shape index (κ1) is 25.4.